The van der Waals surface area contributed by atoms with Crippen molar-refractivity contribution in [1.82, 2.24) is 0 Å². The number of rotatable bonds is 2. The van der Waals surface area contributed by atoms with Crippen LogP contribution in [0.25, 0.3) is 6.08 Å². The van der Waals surface area contributed by atoms with Crippen LogP contribution in [0.1, 0.15) is 64.4 Å². The zero-order valence-corrected chi connectivity index (χ0v) is 20.0. The number of oxime groups is 1. The smallest absolute Gasteiger partial charge is 0.0889 e. The van der Waals surface area contributed by atoms with E-state index in [9.17, 15) is 10.3 Å². The molecule has 0 spiro atoms. The Morgan fingerprint density at radius 3 is 2.41 bits per heavy atom. The van der Waals surface area contributed by atoms with Crippen molar-refractivity contribution in [2.45, 2.75) is 64.9 Å². The second kappa shape index (κ2) is 7.76. The van der Waals surface area contributed by atoms with Gasteiger partial charge in [-0.15, -0.1) is 0 Å². The summed E-state index contributed by atoms with van der Waals surface area (Å²) in [6, 6.07) is 8.62. The fraction of sp³-hybridized carbons (Fsp3) is 0.607. The van der Waals surface area contributed by atoms with E-state index in [0.29, 0.717) is 17.8 Å². The van der Waals surface area contributed by atoms with E-state index in [-0.39, 0.29) is 16.9 Å². The minimum Gasteiger partial charge on any atom is -0.411 e. The van der Waals surface area contributed by atoms with Gasteiger partial charge in [-0.2, -0.15) is 0 Å². The summed E-state index contributed by atoms with van der Waals surface area (Å²) in [7, 11) is 4.11. The first-order valence-corrected chi connectivity index (χ1v) is 12.3. The van der Waals surface area contributed by atoms with Crippen LogP contribution in [0.5, 0.6) is 0 Å². The Hall–Kier alpha value is -2.07. The number of aliphatic hydroxyl groups excluding tert-OH is 1. The summed E-state index contributed by atoms with van der Waals surface area (Å²) in [5.74, 6) is 1.81. The second-order valence-corrected chi connectivity index (χ2v) is 11.4. The Morgan fingerprint density at radius 1 is 1.00 bits per heavy atom. The minimum absolute atomic E-state index is 0.0544. The fourth-order valence-corrected chi connectivity index (χ4v) is 7.71. The zero-order valence-electron chi connectivity index (χ0n) is 20.0. The highest BCUT2D eigenvalue weighted by Crippen LogP contribution is 2.65. The normalized spacial score (nSPS) is 41.1. The average Bonchev–Trinajstić information content (AvgIpc) is 3.05. The topological polar surface area (TPSA) is 56.1 Å². The number of allylic oxidation sites excluding steroid dienone is 2. The third kappa shape index (κ3) is 3.25. The molecule has 1 aromatic carbocycles. The second-order valence-electron chi connectivity index (χ2n) is 11.4. The van der Waals surface area contributed by atoms with Crippen LogP contribution in [0.4, 0.5) is 5.69 Å². The van der Waals surface area contributed by atoms with Gasteiger partial charge in [-0.25, -0.2) is 0 Å². The van der Waals surface area contributed by atoms with Crippen LogP contribution in [-0.2, 0) is 0 Å². The summed E-state index contributed by atoms with van der Waals surface area (Å²) in [6.45, 7) is 4.80. The molecule has 3 saturated carbocycles. The molecule has 2 N–H and O–H groups in total. The summed E-state index contributed by atoms with van der Waals surface area (Å²) in [5.41, 5.74) is 6.16. The van der Waals surface area contributed by atoms with E-state index in [0.717, 1.165) is 44.2 Å². The number of hydrogen-bond donors (Lipinski definition) is 2. The lowest BCUT2D eigenvalue weighted by Gasteiger charge is -2.56. The first-order chi connectivity index (χ1) is 15.3. The number of hydrogen-bond acceptors (Lipinski definition) is 4. The lowest BCUT2D eigenvalue weighted by Crippen LogP contribution is -2.50. The molecule has 0 heterocycles. The number of aliphatic hydroxyl groups is 1. The van der Waals surface area contributed by atoms with Crippen molar-refractivity contribution >= 4 is 17.5 Å². The van der Waals surface area contributed by atoms with Crippen molar-refractivity contribution in [3.8, 4) is 0 Å². The predicted molar refractivity (Wildman–Crippen MR) is 131 cm³/mol. The molecule has 6 atom stereocenters. The van der Waals surface area contributed by atoms with E-state index in [1.807, 2.05) is 0 Å². The molecule has 0 unspecified atom stereocenters. The van der Waals surface area contributed by atoms with Gasteiger partial charge in [0.15, 0.2) is 0 Å². The molecule has 0 amide bonds. The molecular formula is C28H38N2O2. The number of benzene rings is 1. The molecule has 4 heteroatoms. The van der Waals surface area contributed by atoms with E-state index >= 15 is 0 Å². The fourth-order valence-electron chi connectivity index (χ4n) is 7.71. The van der Waals surface area contributed by atoms with Gasteiger partial charge >= 0.3 is 0 Å². The first-order valence-electron chi connectivity index (χ1n) is 12.3. The maximum absolute atomic E-state index is 10.2. The summed E-state index contributed by atoms with van der Waals surface area (Å²) in [4.78, 5) is 2.11. The number of nitrogens with zero attached hydrogens (tertiary/aromatic N) is 2. The van der Waals surface area contributed by atoms with Crippen LogP contribution >= 0.6 is 0 Å². The van der Waals surface area contributed by atoms with Crippen LogP contribution in [0, 0.1) is 28.6 Å². The van der Waals surface area contributed by atoms with E-state index < -0.39 is 0 Å². The Labute approximate surface area is 192 Å². The van der Waals surface area contributed by atoms with E-state index in [2.05, 4.69) is 74.4 Å². The summed E-state index contributed by atoms with van der Waals surface area (Å²) in [5, 5.41) is 24.2. The first kappa shape index (κ1) is 21.8. The molecule has 0 aromatic heterocycles. The molecule has 1 aromatic rings. The molecule has 0 bridgehead atoms. The maximum atomic E-state index is 10.2. The van der Waals surface area contributed by atoms with Gasteiger partial charge in [0.1, 0.15) is 0 Å². The highest BCUT2D eigenvalue weighted by Gasteiger charge is 2.59. The van der Waals surface area contributed by atoms with Crippen molar-refractivity contribution in [3.05, 3.63) is 47.1 Å². The molecule has 3 fully saturated rings. The molecule has 5 rings (SSSR count). The van der Waals surface area contributed by atoms with Gasteiger partial charge in [-0.1, -0.05) is 42.8 Å². The molecule has 4 nitrogen and oxygen atoms in total. The molecule has 4 aliphatic carbocycles. The molecule has 4 aliphatic rings. The van der Waals surface area contributed by atoms with Gasteiger partial charge in [0.2, 0.25) is 0 Å². The quantitative estimate of drug-likeness (QED) is 0.346. The lowest BCUT2D eigenvalue weighted by molar-refractivity contribution is -0.0206. The van der Waals surface area contributed by atoms with Gasteiger partial charge in [-0.3, -0.25) is 0 Å². The lowest BCUT2D eigenvalue weighted by atomic mass is 9.48. The third-order valence-electron chi connectivity index (χ3n) is 9.60. The average molecular weight is 435 g/mol. The largest absolute Gasteiger partial charge is 0.411 e. The van der Waals surface area contributed by atoms with Crippen LogP contribution < -0.4 is 4.90 Å². The van der Waals surface area contributed by atoms with Crippen molar-refractivity contribution in [1.29, 1.82) is 0 Å². The van der Waals surface area contributed by atoms with E-state index in [1.54, 1.807) is 0 Å². The van der Waals surface area contributed by atoms with Gasteiger partial charge in [-0.05, 0) is 97.5 Å². The molecule has 0 saturated heterocycles. The summed E-state index contributed by atoms with van der Waals surface area (Å²) < 4.78 is 0. The Balaban J connectivity index is 1.47. The van der Waals surface area contributed by atoms with Crippen LogP contribution in [0.2, 0.25) is 0 Å². The molecule has 172 valence electrons. The molecule has 0 radical (unpaired) electrons. The zero-order chi connectivity index (χ0) is 22.7. The van der Waals surface area contributed by atoms with Crippen LogP contribution in [0.15, 0.2) is 46.6 Å². The van der Waals surface area contributed by atoms with Crippen molar-refractivity contribution in [3.63, 3.8) is 0 Å². The van der Waals surface area contributed by atoms with E-state index in [4.69, 9.17) is 0 Å². The SMILES string of the molecule is CN(C)c1ccc(/C=C2\C[C@H]3[C@@H]4CC=C5C[C@@H](O)CC[C@]5(C)[C@H]4CC[C@]3(C)\C2=N\O)cc1. The van der Waals surface area contributed by atoms with Crippen molar-refractivity contribution in [2.75, 3.05) is 19.0 Å². The standard InChI is InChI=1S/C28H38N2O2/c1-27-13-11-22(31)17-20(27)7-10-23-24(27)12-14-28(2)25(23)16-19(26(28)29-32)15-18-5-8-21(9-6-18)30(3)4/h5-9,15,22-25,31-32H,10-14,16-17H2,1-4H3/b19-15+,29-26+/t22-,23+,24-,25-,27-,28-/m0/s1. The molecule has 32 heavy (non-hydrogen) atoms. The van der Waals surface area contributed by atoms with Crippen molar-refractivity contribution in [2.24, 2.45) is 33.7 Å². The Bertz CT molecular complexity index is 976. The predicted octanol–water partition coefficient (Wildman–Crippen LogP) is 5.90. The Morgan fingerprint density at radius 2 is 1.72 bits per heavy atom. The van der Waals surface area contributed by atoms with Gasteiger partial charge in [0, 0.05) is 25.2 Å². The minimum atomic E-state index is -0.159. The number of anilines is 1. The van der Waals surface area contributed by atoms with Crippen molar-refractivity contribution < 1.29 is 10.3 Å². The summed E-state index contributed by atoms with van der Waals surface area (Å²) >= 11 is 0. The molecular weight excluding hydrogens is 396 g/mol. The van der Waals surface area contributed by atoms with Gasteiger partial charge in [0.05, 0.1) is 11.8 Å². The van der Waals surface area contributed by atoms with Crippen LogP contribution in [-0.4, -0.2) is 36.2 Å². The highest BCUT2D eigenvalue weighted by molar-refractivity contribution is 6.09. The van der Waals surface area contributed by atoms with E-state index in [1.165, 1.54) is 28.8 Å². The van der Waals surface area contributed by atoms with Crippen LogP contribution in [0.3, 0.4) is 0 Å². The highest BCUT2D eigenvalue weighted by atomic mass is 16.4. The third-order valence-corrected chi connectivity index (χ3v) is 9.60. The monoisotopic (exact) mass is 434 g/mol. The summed E-state index contributed by atoms with van der Waals surface area (Å²) in [6.07, 6.45) is 11.8. The molecule has 0 aliphatic heterocycles. The Kier molecular flexibility index (Phi) is 5.28. The number of fused-ring (bicyclic) bond motifs is 5. The maximum Gasteiger partial charge on any atom is 0.0889 e. The van der Waals surface area contributed by atoms with Gasteiger partial charge in [0.25, 0.3) is 0 Å². The van der Waals surface area contributed by atoms with Gasteiger partial charge < -0.3 is 15.2 Å².